The Balaban J connectivity index is 1.58. The molecule has 246 valence electrons. The molecule has 0 unspecified atom stereocenters. The second-order valence-electron chi connectivity index (χ2n) is 12.4. The van der Waals surface area contributed by atoms with E-state index in [1.165, 1.54) is 4.31 Å². The second-order valence-corrected chi connectivity index (χ2v) is 15.2. The third-order valence-corrected chi connectivity index (χ3v) is 11.3. The van der Waals surface area contributed by atoms with Crippen molar-refractivity contribution < 1.29 is 18.0 Å². The van der Waals surface area contributed by atoms with Gasteiger partial charge in [-0.2, -0.15) is 0 Å². The second kappa shape index (κ2) is 15.3. The maximum absolute atomic E-state index is 14.7. The first-order chi connectivity index (χ1) is 22.5. The minimum absolute atomic E-state index is 0.0544. The molecule has 47 heavy (non-hydrogen) atoms. The van der Waals surface area contributed by atoms with Crippen molar-refractivity contribution in [2.75, 3.05) is 10.8 Å². The Morgan fingerprint density at radius 1 is 0.830 bits per heavy atom. The zero-order chi connectivity index (χ0) is 33.6. The average Bonchev–Trinajstić information content (AvgIpc) is 3.57. The van der Waals surface area contributed by atoms with Gasteiger partial charge in [0.1, 0.15) is 12.6 Å². The number of rotatable bonds is 12. The third-order valence-electron chi connectivity index (χ3n) is 8.97. The number of nitrogens with zero attached hydrogens (tertiary/aromatic N) is 2. The normalized spacial score (nSPS) is 14.0. The predicted octanol–water partition coefficient (Wildman–Crippen LogP) is 7.27. The number of halogens is 1. The number of nitrogens with one attached hydrogen (secondary N) is 1. The Hall–Kier alpha value is -3.95. The lowest BCUT2D eigenvalue weighted by Crippen LogP contribution is -2.54. The van der Waals surface area contributed by atoms with E-state index >= 15 is 0 Å². The van der Waals surface area contributed by atoms with Crippen LogP contribution >= 0.6 is 15.9 Å². The largest absolute Gasteiger partial charge is 0.352 e. The van der Waals surface area contributed by atoms with Gasteiger partial charge in [-0.15, -0.1) is 0 Å². The summed E-state index contributed by atoms with van der Waals surface area (Å²) in [6.45, 7) is 5.33. The fraction of sp³-hybridized carbons (Fsp3) is 0.316. The van der Waals surface area contributed by atoms with Crippen molar-refractivity contribution in [3.05, 3.63) is 129 Å². The number of sulfonamides is 1. The first-order valence-corrected chi connectivity index (χ1v) is 18.3. The van der Waals surface area contributed by atoms with E-state index in [1.807, 2.05) is 81.4 Å². The SMILES string of the molecule is Cc1ccc(S(=O)(=O)N(CC(=O)N(Cc2ccc(Br)cc2)[C@@H](Cc2ccccc2)C(=O)NC2CCCC2)c2cccc(C)c2C)cc1. The summed E-state index contributed by atoms with van der Waals surface area (Å²) >= 11 is 3.49. The van der Waals surface area contributed by atoms with Crippen molar-refractivity contribution in [3.8, 4) is 0 Å². The smallest absolute Gasteiger partial charge is 0.264 e. The van der Waals surface area contributed by atoms with E-state index in [9.17, 15) is 18.0 Å². The number of hydrogen-bond acceptors (Lipinski definition) is 4. The molecule has 0 aromatic heterocycles. The molecule has 1 aliphatic carbocycles. The monoisotopic (exact) mass is 715 g/mol. The van der Waals surface area contributed by atoms with Crippen LogP contribution in [0.3, 0.4) is 0 Å². The molecule has 1 saturated carbocycles. The Morgan fingerprint density at radius 2 is 1.49 bits per heavy atom. The van der Waals surface area contributed by atoms with E-state index in [0.717, 1.165) is 58.0 Å². The van der Waals surface area contributed by atoms with E-state index in [4.69, 9.17) is 0 Å². The summed E-state index contributed by atoms with van der Waals surface area (Å²) in [5, 5.41) is 3.22. The van der Waals surface area contributed by atoms with Crippen LogP contribution in [-0.4, -0.2) is 43.8 Å². The highest BCUT2D eigenvalue weighted by atomic mass is 79.9. The molecule has 0 heterocycles. The number of aryl methyl sites for hydroxylation is 2. The lowest BCUT2D eigenvalue weighted by atomic mass is 10.0. The van der Waals surface area contributed by atoms with Crippen LogP contribution < -0.4 is 9.62 Å². The van der Waals surface area contributed by atoms with Gasteiger partial charge in [-0.1, -0.05) is 101 Å². The summed E-state index contributed by atoms with van der Waals surface area (Å²) in [5.41, 5.74) is 4.76. The van der Waals surface area contributed by atoms with Crippen LogP contribution in [0.5, 0.6) is 0 Å². The number of benzene rings is 4. The van der Waals surface area contributed by atoms with Crippen LogP contribution in [0, 0.1) is 20.8 Å². The molecule has 0 bridgehead atoms. The summed E-state index contributed by atoms with van der Waals surface area (Å²) in [6.07, 6.45) is 4.20. The minimum atomic E-state index is -4.16. The lowest BCUT2D eigenvalue weighted by Gasteiger charge is -2.34. The highest BCUT2D eigenvalue weighted by molar-refractivity contribution is 9.10. The first-order valence-electron chi connectivity index (χ1n) is 16.1. The van der Waals surface area contributed by atoms with Gasteiger partial charge < -0.3 is 10.2 Å². The Morgan fingerprint density at radius 3 is 2.15 bits per heavy atom. The number of carbonyl (C=O) groups excluding carboxylic acids is 2. The molecule has 0 aliphatic heterocycles. The van der Waals surface area contributed by atoms with Gasteiger partial charge in [-0.3, -0.25) is 13.9 Å². The van der Waals surface area contributed by atoms with Crippen LogP contribution in [-0.2, 0) is 32.6 Å². The number of carbonyl (C=O) groups is 2. The predicted molar refractivity (Wildman–Crippen MR) is 191 cm³/mol. The van der Waals surface area contributed by atoms with E-state index in [-0.39, 0.29) is 29.8 Å². The van der Waals surface area contributed by atoms with Gasteiger partial charge >= 0.3 is 0 Å². The fourth-order valence-corrected chi connectivity index (χ4v) is 7.80. The molecule has 4 aromatic carbocycles. The van der Waals surface area contributed by atoms with Crippen LogP contribution in [0.15, 0.2) is 106 Å². The lowest BCUT2D eigenvalue weighted by molar-refractivity contribution is -0.140. The number of anilines is 1. The van der Waals surface area contributed by atoms with E-state index in [0.29, 0.717) is 5.69 Å². The van der Waals surface area contributed by atoms with E-state index in [2.05, 4.69) is 21.2 Å². The average molecular weight is 717 g/mol. The van der Waals surface area contributed by atoms with Gasteiger partial charge in [-0.05, 0) is 86.2 Å². The zero-order valence-electron chi connectivity index (χ0n) is 27.2. The van der Waals surface area contributed by atoms with Crippen molar-refractivity contribution in [3.63, 3.8) is 0 Å². The van der Waals surface area contributed by atoms with Crippen LogP contribution in [0.25, 0.3) is 0 Å². The highest BCUT2D eigenvalue weighted by Gasteiger charge is 2.36. The topological polar surface area (TPSA) is 86.8 Å². The maximum Gasteiger partial charge on any atom is 0.264 e. The molecule has 7 nitrogen and oxygen atoms in total. The summed E-state index contributed by atoms with van der Waals surface area (Å²) in [7, 11) is -4.16. The molecule has 1 N–H and O–H groups in total. The third kappa shape index (κ3) is 8.51. The molecule has 2 amide bonds. The van der Waals surface area contributed by atoms with Gasteiger partial charge in [-0.25, -0.2) is 8.42 Å². The van der Waals surface area contributed by atoms with Crippen molar-refractivity contribution >= 4 is 43.5 Å². The van der Waals surface area contributed by atoms with Crippen molar-refractivity contribution in [1.29, 1.82) is 0 Å². The molecular formula is C38H42BrN3O4S. The standard InChI is InChI=1S/C38H42BrN3O4S/c1-27-16-22-34(23-17-27)47(45,46)42(35-15-9-10-28(2)29(35)3)26-37(43)41(25-31-18-20-32(39)21-19-31)36(24-30-11-5-4-6-12-30)38(44)40-33-13-7-8-14-33/h4-6,9-12,15-23,33,36H,7-8,13-14,24-26H2,1-3H3,(H,40,44)/t36-/m0/s1. The summed E-state index contributed by atoms with van der Waals surface area (Å²) in [5.74, 6) is -0.696. The maximum atomic E-state index is 14.7. The van der Waals surface area contributed by atoms with Crippen molar-refractivity contribution in [2.24, 2.45) is 0 Å². The fourth-order valence-electron chi connectivity index (χ4n) is 6.06. The highest BCUT2D eigenvalue weighted by Crippen LogP contribution is 2.30. The molecule has 0 saturated heterocycles. The molecule has 0 radical (unpaired) electrons. The van der Waals surface area contributed by atoms with Crippen LogP contribution in [0.2, 0.25) is 0 Å². The number of hydrogen-bond donors (Lipinski definition) is 1. The van der Waals surface area contributed by atoms with Gasteiger partial charge in [0, 0.05) is 23.5 Å². The van der Waals surface area contributed by atoms with Gasteiger partial charge in [0.25, 0.3) is 10.0 Å². The Labute approximate surface area is 287 Å². The molecule has 4 aromatic rings. The molecule has 5 rings (SSSR count). The van der Waals surface area contributed by atoms with Gasteiger partial charge in [0.15, 0.2) is 0 Å². The van der Waals surface area contributed by atoms with Gasteiger partial charge in [0.2, 0.25) is 11.8 Å². The molecule has 1 fully saturated rings. The summed E-state index contributed by atoms with van der Waals surface area (Å²) < 4.78 is 30.8. The zero-order valence-corrected chi connectivity index (χ0v) is 29.6. The van der Waals surface area contributed by atoms with Crippen LogP contribution in [0.4, 0.5) is 5.69 Å². The molecule has 9 heteroatoms. The molecular weight excluding hydrogens is 674 g/mol. The van der Waals surface area contributed by atoms with E-state index < -0.39 is 28.5 Å². The summed E-state index contributed by atoms with van der Waals surface area (Å²) in [4.78, 5) is 30.5. The van der Waals surface area contributed by atoms with Crippen molar-refractivity contribution in [1.82, 2.24) is 10.2 Å². The van der Waals surface area contributed by atoms with Crippen LogP contribution in [0.1, 0.15) is 53.5 Å². The first kappa shape index (κ1) is 34.4. The molecule has 1 atom stereocenters. The van der Waals surface area contributed by atoms with E-state index in [1.54, 1.807) is 41.3 Å². The minimum Gasteiger partial charge on any atom is -0.352 e. The Kier molecular flexibility index (Phi) is 11.2. The molecule has 0 spiro atoms. The number of amides is 2. The molecule has 1 aliphatic rings. The van der Waals surface area contributed by atoms with Crippen molar-refractivity contribution in [2.45, 2.75) is 76.4 Å². The Bertz CT molecular complexity index is 1790. The van der Waals surface area contributed by atoms with Gasteiger partial charge in [0.05, 0.1) is 10.6 Å². The quantitative estimate of drug-likeness (QED) is 0.167. The summed E-state index contributed by atoms with van der Waals surface area (Å²) in [6, 6.07) is 28.5.